The van der Waals surface area contributed by atoms with Crippen molar-refractivity contribution in [1.29, 1.82) is 0 Å². The van der Waals surface area contributed by atoms with Crippen LogP contribution in [0.25, 0.3) is 0 Å². The van der Waals surface area contributed by atoms with E-state index in [0.717, 1.165) is 24.0 Å². The Morgan fingerprint density at radius 3 is 2.58 bits per heavy atom. The first-order chi connectivity index (χ1) is 17.4. The Morgan fingerprint density at radius 1 is 1.17 bits per heavy atom. The van der Waals surface area contributed by atoms with Gasteiger partial charge in [0.15, 0.2) is 0 Å². The molecular weight excluding hydrogens is 494 g/mol. The number of carbonyl (C=O) groups is 2. The van der Waals surface area contributed by atoms with E-state index in [0.29, 0.717) is 29.6 Å². The Balaban J connectivity index is 1.50. The highest BCUT2D eigenvalue weighted by atomic mass is 35.5. The fourth-order valence-electron chi connectivity index (χ4n) is 4.30. The van der Waals surface area contributed by atoms with Crippen molar-refractivity contribution in [2.24, 2.45) is 0 Å². The quantitative estimate of drug-likeness (QED) is 0.363. The van der Waals surface area contributed by atoms with Crippen LogP contribution in [-0.4, -0.2) is 47.5 Å². The number of rotatable bonds is 8. The standard InChI is InChI=1S/C28H32ClN3O3S/c1-4-20(3)32(28(34)30-22-9-5-19(2)6-10-22)17-27(33)31-15-13-26-24(14-16-36-26)25(31)18-35-23-11-7-21(29)8-12-23/h5-12,14,16,20,25H,4,13,15,17-18H2,1-3H3,(H,30,34)/t20-,25-/m0/s1. The molecule has 0 spiro atoms. The molecule has 2 aromatic carbocycles. The minimum Gasteiger partial charge on any atom is -0.491 e. The van der Waals surface area contributed by atoms with Gasteiger partial charge in [-0.15, -0.1) is 11.3 Å². The van der Waals surface area contributed by atoms with E-state index in [-0.39, 0.29) is 30.6 Å². The SMILES string of the molecule is CC[C@H](C)N(CC(=O)N1CCc2sccc2[C@@H]1COc1ccc(Cl)cc1)C(=O)Nc1ccc(C)cc1. The molecule has 3 aromatic rings. The number of aryl methyl sites for hydroxylation is 1. The van der Waals surface area contributed by atoms with Gasteiger partial charge in [0.2, 0.25) is 5.91 Å². The monoisotopic (exact) mass is 525 g/mol. The fourth-order valence-corrected chi connectivity index (χ4v) is 5.35. The first-order valence-corrected chi connectivity index (χ1v) is 13.5. The number of ether oxygens (including phenoxy) is 1. The molecule has 6 nitrogen and oxygen atoms in total. The van der Waals surface area contributed by atoms with Crippen LogP contribution in [0.3, 0.4) is 0 Å². The van der Waals surface area contributed by atoms with Crippen molar-refractivity contribution in [3.63, 3.8) is 0 Å². The number of benzene rings is 2. The van der Waals surface area contributed by atoms with Crippen LogP contribution in [0.1, 0.15) is 42.3 Å². The molecule has 2 atom stereocenters. The summed E-state index contributed by atoms with van der Waals surface area (Å²) in [5, 5.41) is 5.66. The van der Waals surface area contributed by atoms with Gasteiger partial charge in [-0.2, -0.15) is 0 Å². The predicted octanol–water partition coefficient (Wildman–Crippen LogP) is 6.55. The van der Waals surface area contributed by atoms with Crippen LogP contribution >= 0.6 is 22.9 Å². The summed E-state index contributed by atoms with van der Waals surface area (Å²) in [6.45, 7) is 6.91. The number of amides is 3. The first-order valence-electron chi connectivity index (χ1n) is 12.2. The van der Waals surface area contributed by atoms with Gasteiger partial charge in [0.25, 0.3) is 0 Å². The number of anilines is 1. The molecule has 0 radical (unpaired) electrons. The zero-order chi connectivity index (χ0) is 25.7. The van der Waals surface area contributed by atoms with Crippen LogP contribution in [-0.2, 0) is 11.2 Å². The van der Waals surface area contributed by atoms with Gasteiger partial charge in [0.05, 0.1) is 6.04 Å². The highest BCUT2D eigenvalue weighted by molar-refractivity contribution is 7.10. The number of nitrogens with one attached hydrogen (secondary N) is 1. The van der Waals surface area contributed by atoms with E-state index in [1.54, 1.807) is 28.4 Å². The molecule has 0 unspecified atom stereocenters. The Labute approximate surface area is 221 Å². The van der Waals surface area contributed by atoms with Gasteiger partial charge in [-0.25, -0.2) is 4.79 Å². The average Bonchev–Trinajstić information content (AvgIpc) is 3.36. The molecule has 1 aliphatic rings. The van der Waals surface area contributed by atoms with E-state index in [9.17, 15) is 9.59 Å². The molecule has 1 aliphatic heterocycles. The van der Waals surface area contributed by atoms with Crippen molar-refractivity contribution in [2.45, 2.75) is 45.7 Å². The van der Waals surface area contributed by atoms with E-state index in [1.165, 1.54) is 4.88 Å². The van der Waals surface area contributed by atoms with Gasteiger partial charge in [-0.05, 0) is 80.1 Å². The summed E-state index contributed by atoms with van der Waals surface area (Å²) in [7, 11) is 0. The van der Waals surface area contributed by atoms with Gasteiger partial charge in [-0.1, -0.05) is 36.2 Å². The topological polar surface area (TPSA) is 61.9 Å². The number of hydrogen-bond acceptors (Lipinski definition) is 4. The summed E-state index contributed by atoms with van der Waals surface area (Å²) in [4.78, 5) is 31.6. The minimum absolute atomic E-state index is 0.00359. The third kappa shape index (κ3) is 6.20. The smallest absolute Gasteiger partial charge is 0.322 e. The van der Waals surface area contributed by atoms with E-state index in [1.807, 2.05) is 62.1 Å². The second kappa shape index (κ2) is 11.8. The molecule has 8 heteroatoms. The average molecular weight is 526 g/mol. The van der Waals surface area contributed by atoms with E-state index in [2.05, 4.69) is 16.8 Å². The molecular formula is C28H32ClN3O3S. The predicted molar refractivity (Wildman–Crippen MR) is 146 cm³/mol. The van der Waals surface area contributed by atoms with Crippen molar-refractivity contribution < 1.29 is 14.3 Å². The summed E-state index contributed by atoms with van der Waals surface area (Å²) in [5.41, 5.74) is 2.95. The number of thiophene rings is 1. The molecule has 0 saturated carbocycles. The zero-order valence-electron chi connectivity index (χ0n) is 20.9. The fraction of sp³-hybridized carbons (Fsp3) is 0.357. The molecule has 1 aromatic heterocycles. The molecule has 0 saturated heterocycles. The van der Waals surface area contributed by atoms with E-state index < -0.39 is 0 Å². The van der Waals surface area contributed by atoms with E-state index >= 15 is 0 Å². The van der Waals surface area contributed by atoms with Crippen LogP contribution in [0.2, 0.25) is 5.02 Å². The zero-order valence-corrected chi connectivity index (χ0v) is 22.4. The molecule has 0 fully saturated rings. The lowest BCUT2D eigenvalue weighted by molar-refractivity contribution is -0.135. The maximum atomic E-state index is 13.7. The number of hydrogen-bond donors (Lipinski definition) is 1. The lowest BCUT2D eigenvalue weighted by atomic mass is 10.00. The molecule has 1 N–H and O–H groups in total. The Bertz CT molecular complexity index is 1180. The third-order valence-corrected chi connectivity index (χ3v) is 7.88. The first kappa shape index (κ1) is 26.0. The molecule has 36 heavy (non-hydrogen) atoms. The Morgan fingerprint density at radius 2 is 1.89 bits per heavy atom. The Hall–Kier alpha value is -3.03. The maximum Gasteiger partial charge on any atom is 0.322 e. The van der Waals surface area contributed by atoms with Crippen LogP contribution in [0.15, 0.2) is 60.0 Å². The molecule has 3 amide bonds. The van der Waals surface area contributed by atoms with Crippen molar-refractivity contribution in [1.82, 2.24) is 9.80 Å². The summed E-state index contributed by atoms with van der Waals surface area (Å²) >= 11 is 7.71. The molecule has 2 heterocycles. The Kier molecular flexibility index (Phi) is 8.54. The number of halogens is 1. The van der Waals surface area contributed by atoms with Crippen LogP contribution in [0, 0.1) is 6.92 Å². The van der Waals surface area contributed by atoms with Crippen LogP contribution in [0.5, 0.6) is 5.75 Å². The van der Waals surface area contributed by atoms with Crippen LogP contribution in [0.4, 0.5) is 10.5 Å². The number of carbonyl (C=O) groups excluding carboxylic acids is 2. The van der Waals surface area contributed by atoms with Crippen molar-refractivity contribution >= 4 is 40.6 Å². The number of nitrogens with zero attached hydrogens (tertiary/aromatic N) is 2. The summed E-state index contributed by atoms with van der Waals surface area (Å²) in [6, 6.07) is 16.4. The van der Waals surface area contributed by atoms with E-state index in [4.69, 9.17) is 16.3 Å². The number of fused-ring (bicyclic) bond motifs is 1. The van der Waals surface area contributed by atoms with Crippen molar-refractivity contribution in [2.75, 3.05) is 25.0 Å². The second-order valence-electron chi connectivity index (χ2n) is 9.10. The van der Waals surface area contributed by atoms with Gasteiger partial charge in [-0.3, -0.25) is 4.79 Å². The summed E-state index contributed by atoms with van der Waals surface area (Å²) < 4.78 is 6.08. The van der Waals surface area contributed by atoms with Gasteiger partial charge in [0, 0.05) is 28.2 Å². The number of urea groups is 1. The van der Waals surface area contributed by atoms with Gasteiger partial charge < -0.3 is 19.9 Å². The largest absolute Gasteiger partial charge is 0.491 e. The van der Waals surface area contributed by atoms with Crippen molar-refractivity contribution in [3.05, 3.63) is 81.0 Å². The summed E-state index contributed by atoms with van der Waals surface area (Å²) in [6.07, 6.45) is 1.54. The third-order valence-electron chi connectivity index (χ3n) is 6.63. The van der Waals surface area contributed by atoms with Gasteiger partial charge >= 0.3 is 6.03 Å². The molecule has 4 rings (SSSR count). The highest BCUT2D eigenvalue weighted by Crippen LogP contribution is 2.34. The molecule has 190 valence electrons. The highest BCUT2D eigenvalue weighted by Gasteiger charge is 2.34. The van der Waals surface area contributed by atoms with Crippen molar-refractivity contribution in [3.8, 4) is 5.75 Å². The normalized spacial score (nSPS) is 15.7. The van der Waals surface area contributed by atoms with Crippen LogP contribution < -0.4 is 10.1 Å². The minimum atomic E-state index is -0.274. The molecule has 0 bridgehead atoms. The second-order valence-corrected chi connectivity index (χ2v) is 10.5. The van der Waals surface area contributed by atoms with Gasteiger partial charge in [0.1, 0.15) is 18.9 Å². The molecule has 0 aliphatic carbocycles. The maximum absolute atomic E-state index is 13.7. The summed E-state index contributed by atoms with van der Waals surface area (Å²) in [5.74, 6) is 0.615. The lowest BCUT2D eigenvalue weighted by Crippen LogP contribution is -2.50. The lowest BCUT2D eigenvalue weighted by Gasteiger charge is -2.38.